The first-order valence-corrected chi connectivity index (χ1v) is 6.32. The Kier molecular flexibility index (Phi) is 3.53. The number of thioether (sulfide) groups is 1. The molecule has 2 fully saturated rings. The van der Waals surface area contributed by atoms with E-state index in [0.29, 0.717) is 25.4 Å². The second kappa shape index (κ2) is 4.92. The predicted molar refractivity (Wildman–Crippen MR) is 62.3 cm³/mol. The summed E-state index contributed by atoms with van der Waals surface area (Å²) in [7, 11) is 0. The molecule has 2 rings (SSSR count). The highest BCUT2D eigenvalue weighted by Crippen LogP contribution is 2.16. The van der Waals surface area contributed by atoms with E-state index in [-0.39, 0.29) is 11.1 Å². The van der Waals surface area contributed by atoms with Gasteiger partial charge in [-0.3, -0.25) is 14.4 Å². The minimum absolute atomic E-state index is 0.200. The number of hydrogen-bond donors (Lipinski definition) is 3. The highest BCUT2D eigenvalue weighted by Gasteiger charge is 2.37. The van der Waals surface area contributed by atoms with Gasteiger partial charge in [0.15, 0.2) is 0 Å². The van der Waals surface area contributed by atoms with Crippen molar-refractivity contribution in [3.05, 3.63) is 0 Å². The number of nitrogens with zero attached hydrogens (tertiary/aromatic N) is 1. The van der Waals surface area contributed by atoms with Gasteiger partial charge in [-0.2, -0.15) is 0 Å². The van der Waals surface area contributed by atoms with Gasteiger partial charge in [-0.05, 0) is 0 Å². The number of piperazine rings is 1. The lowest BCUT2D eigenvalue weighted by atomic mass is 10.1. The number of primary amides is 1. The summed E-state index contributed by atoms with van der Waals surface area (Å²) in [5.41, 5.74) is 5.26. The van der Waals surface area contributed by atoms with Gasteiger partial charge in [-0.1, -0.05) is 11.8 Å². The molecule has 4 N–H and O–H groups in total. The van der Waals surface area contributed by atoms with Gasteiger partial charge in [0.1, 0.15) is 12.1 Å². The highest BCUT2D eigenvalue weighted by molar-refractivity contribution is 8.14. The maximum absolute atomic E-state index is 12.1. The van der Waals surface area contributed by atoms with Gasteiger partial charge in [0.25, 0.3) is 5.24 Å². The van der Waals surface area contributed by atoms with Crippen LogP contribution < -0.4 is 16.4 Å². The molecule has 0 radical (unpaired) electrons. The molecule has 0 bridgehead atoms. The molecule has 17 heavy (non-hydrogen) atoms. The molecule has 0 aliphatic carbocycles. The smallest absolute Gasteiger partial charge is 0.279 e. The molecule has 2 atom stereocenters. The second-order valence-corrected chi connectivity index (χ2v) is 4.94. The summed E-state index contributed by atoms with van der Waals surface area (Å²) in [6, 6.07) is -1.16. The maximum Gasteiger partial charge on any atom is 0.279 e. The Morgan fingerprint density at radius 1 is 1.47 bits per heavy atom. The van der Waals surface area contributed by atoms with Gasteiger partial charge < -0.3 is 21.3 Å². The summed E-state index contributed by atoms with van der Waals surface area (Å²) >= 11 is 1.08. The second-order valence-electron chi connectivity index (χ2n) is 3.95. The average molecular weight is 258 g/mol. The van der Waals surface area contributed by atoms with Gasteiger partial charge in [0, 0.05) is 25.4 Å². The fraction of sp³-hybridized carbons (Fsp3) is 0.667. The minimum Gasteiger partial charge on any atom is -0.368 e. The van der Waals surface area contributed by atoms with E-state index in [1.807, 2.05) is 0 Å². The molecule has 2 unspecified atom stereocenters. The first-order chi connectivity index (χ1) is 8.09. The van der Waals surface area contributed by atoms with E-state index in [9.17, 15) is 14.4 Å². The molecule has 0 aromatic heterocycles. The van der Waals surface area contributed by atoms with Gasteiger partial charge >= 0.3 is 0 Å². The Labute approximate surface area is 102 Å². The number of carbonyl (C=O) groups excluding carboxylic acids is 3. The molecule has 0 aromatic rings. The molecule has 3 amide bonds. The van der Waals surface area contributed by atoms with Crippen LogP contribution in [-0.2, 0) is 9.59 Å². The summed E-state index contributed by atoms with van der Waals surface area (Å²) in [4.78, 5) is 35.9. The lowest BCUT2D eigenvalue weighted by Gasteiger charge is -2.35. The van der Waals surface area contributed by atoms with Crippen LogP contribution in [0.4, 0.5) is 4.79 Å². The number of hydrogen-bond acceptors (Lipinski definition) is 5. The first kappa shape index (κ1) is 12.2. The number of rotatable bonds is 2. The van der Waals surface area contributed by atoms with Crippen molar-refractivity contribution in [3.63, 3.8) is 0 Å². The molecule has 0 saturated carbocycles. The summed E-state index contributed by atoms with van der Waals surface area (Å²) in [5.74, 6) is -0.344. The van der Waals surface area contributed by atoms with E-state index in [4.69, 9.17) is 5.73 Å². The Bertz CT molecular complexity index is 362. The third kappa shape index (κ3) is 2.52. The third-order valence-electron chi connectivity index (χ3n) is 2.83. The summed E-state index contributed by atoms with van der Waals surface area (Å²) in [6.45, 7) is 1.43. The predicted octanol–water partition coefficient (Wildman–Crippen LogP) is -1.90. The molecule has 2 saturated heterocycles. The van der Waals surface area contributed by atoms with Crippen molar-refractivity contribution in [2.24, 2.45) is 5.73 Å². The molecule has 2 heterocycles. The standard InChI is InChI=1S/C9H14N4O3S/c10-7(14)6-3-11-1-2-13(6)8(15)5-4-17-9(16)12-5/h5-6,11H,1-4H2,(H2,10,14)(H,12,16). The fourth-order valence-electron chi connectivity index (χ4n) is 1.94. The van der Waals surface area contributed by atoms with Crippen LogP contribution in [0, 0.1) is 0 Å². The van der Waals surface area contributed by atoms with Crippen LogP contribution in [0.1, 0.15) is 0 Å². The van der Waals surface area contributed by atoms with Crippen LogP contribution in [0.5, 0.6) is 0 Å². The highest BCUT2D eigenvalue weighted by atomic mass is 32.2. The molecular weight excluding hydrogens is 244 g/mol. The average Bonchev–Trinajstić information content (AvgIpc) is 2.75. The van der Waals surface area contributed by atoms with Gasteiger partial charge in [0.05, 0.1) is 0 Å². The van der Waals surface area contributed by atoms with Crippen molar-refractivity contribution in [2.75, 3.05) is 25.4 Å². The molecular formula is C9H14N4O3S. The minimum atomic E-state index is -0.626. The van der Waals surface area contributed by atoms with Crippen molar-refractivity contribution in [1.82, 2.24) is 15.5 Å². The molecule has 0 spiro atoms. The SMILES string of the molecule is NC(=O)C1CNCCN1C(=O)C1CSC(=O)N1. The van der Waals surface area contributed by atoms with Crippen LogP contribution in [0.2, 0.25) is 0 Å². The van der Waals surface area contributed by atoms with E-state index in [0.717, 1.165) is 11.8 Å². The van der Waals surface area contributed by atoms with Crippen LogP contribution >= 0.6 is 11.8 Å². The molecule has 8 heteroatoms. The molecule has 2 aliphatic heterocycles. The van der Waals surface area contributed by atoms with E-state index >= 15 is 0 Å². The summed E-state index contributed by atoms with van der Waals surface area (Å²) in [5, 5.41) is 5.38. The zero-order valence-electron chi connectivity index (χ0n) is 9.14. The van der Waals surface area contributed by atoms with Gasteiger partial charge in [-0.15, -0.1) is 0 Å². The molecule has 2 aliphatic rings. The number of nitrogens with one attached hydrogen (secondary N) is 2. The quantitative estimate of drug-likeness (QED) is 0.536. The third-order valence-corrected chi connectivity index (χ3v) is 3.71. The van der Waals surface area contributed by atoms with Gasteiger partial charge in [0.2, 0.25) is 11.8 Å². The zero-order valence-corrected chi connectivity index (χ0v) is 9.96. The summed E-state index contributed by atoms with van der Waals surface area (Å²) in [6.07, 6.45) is 0. The van der Waals surface area contributed by atoms with Crippen molar-refractivity contribution < 1.29 is 14.4 Å². The van der Waals surface area contributed by atoms with Crippen LogP contribution in [0.25, 0.3) is 0 Å². The van der Waals surface area contributed by atoms with Crippen molar-refractivity contribution >= 4 is 28.8 Å². The Balaban J connectivity index is 2.06. The van der Waals surface area contributed by atoms with Crippen molar-refractivity contribution in [3.8, 4) is 0 Å². The molecule has 94 valence electrons. The van der Waals surface area contributed by atoms with E-state index in [1.165, 1.54) is 4.90 Å². The number of amides is 3. The normalized spacial score (nSPS) is 28.9. The number of nitrogens with two attached hydrogens (primary N) is 1. The lowest BCUT2D eigenvalue weighted by Crippen LogP contribution is -2.61. The van der Waals surface area contributed by atoms with Gasteiger partial charge in [-0.25, -0.2) is 0 Å². The largest absolute Gasteiger partial charge is 0.368 e. The van der Waals surface area contributed by atoms with Crippen molar-refractivity contribution in [2.45, 2.75) is 12.1 Å². The van der Waals surface area contributed by atoms with Crippen LogP contribution in [-0.4, -0.2) is 59.4 Å². The van der Waals surface area contributed by atoms with Crippen molar-refractivity contribution in [1.29, 1.82) is 0 Å². The van der Waals surface area contributed by atoms with E-state index in [1.54, 1.807) is 0 Å². The lowest BCUT2D eigenvalue weighted by molar-refractivity contribution is -0.141. The molecule has 7 nitrogen and oxygen atoms in total. The first-order valence-electron chi connectivity index (χ1n) is 5.33. The number of carbonyl (C=O) groups is 3. The zero-order chi connectivity index (χ0) is 12.4. The monoisotopic (exact) mass is 258 g/mol. The summed E-state index contributed by atoms with van der Waals surface area (Å²) < 4.78 is 0. The molecule has 0 aromatic carbocycles. The van der Waals surface area contributed by atoms with E-state index in [2.05, 4.69) is 10.6 Å². The van der Waals surface area contributed by atoms with Crippen LogP contribution in [0.3, 0.4) is 0 Å². The Hall–Kier alpha value is -1.28. The fourth-order valence-corrected chi connectivity index (χ4v) is 2.71. The van der Waals surface area contributed by atoms with E-state index < -0.39 is 18.0 Å². The topological polar surface area (TPSA) is 105 Å². The van der Waals surface area contributed by atoms with Crippen LogP contribution in [0.15, 0.2) is 0 Å². The maximum atomic E-state index is 12.1. The Morgan fingerprint density at radius 2 is 2.24 bits per heavy atom. The Morgan fingerprint density at radius 3 is 2.82 bits per heavy atom.